The number of para-hydroxylation sites is 4. The highest BCUT2D eigenvalue weighted by molar-refractivity contribution is 7.00. The summed E-state index contributed by atoms with van der Waals surface area (Å²) in [5.74, 6) is 0. The molecule has 0 bridgehead atoms. The Morgan fingerprint density at radius 3 is 0.877 bits per heavy atom. The van der Waals surface area contributed by atoms with Crippen LogP contribution < -0.4 is 26.2 Å². The highest BCUT2D eigenvalue weighted by atomic mass is 15.2. The molecule has 2 aliphatic rings. The molecule has 18 aromatic rings. The summed E-state index contributed by atoms with van der Waals surface area (Å²) in [5.41, 5.74) is 32.2. The van der Waals surface area contributed by atoms with Crippen LogP contribution in [-0.2, 0) is 0 Å². The second kappa shape index (κ2) is 26.2. The summed E-state index contributed by atoms with van der Waals surface area (Å²) in [4.78, 5) is 5.14. The van der Waals surface area contributed by atoms with E-state index in [0.29, 0.717) is 16.6 Å². The molecule has 1 aromatic heterocycles. The first-order chi connectivity index (χ1) is 54.3. The molecule has 106 heavy (non-hydrogen) atoms. The Bertz CT molecular complexity index is 6060. The maximum absolute atomic E-state index is 10.2. The third-order valence-corrected chi connectivity index (χ3v) is 21.5. The van der Waals surface area contributed by atoms with E-state index in [4.69, 9.17) is 0 Å². The second-order valence-corrected chi connectivity index (χ2v) is 27.4. The number of rotatable bonds is 13. The number of aromatic nitrogens is 1. The zero-order valence-corrected chi connectivity index (χ0v) is 57.9. The molecule has 20 rings (SSSR count). The van der Waals surface area contributed by atoms with Crippen molar-refractivity contribution >= 4 is 79.0 Å². The molecule has 494 valence electrons. The minimum atomic E-state index is -0.436. The second-order valence-electron chi connectivity index (χ2n) is 27.4. The molecule has 2 aliphatic heterocycles. The van der Waals surface area contributed by atoms with Gasteiger partial charge in [0.25, 0.3) is 6.71 Å². The van der Waals surface area contributed by atoms with Crippen molar-refractivity contribution in [2.45, 2.75) is 0 Å². The highest BCUT2D eigenvalue weighted by Crippen LogP contribution is 2.56. The van der Waals surface area contributed by atoms with Crippen LogP contribution >= 0.6 is 0 Å². The van der Waals surface area contributed by atoms with Gasteiger partial charge in [0.05, 0.1) is 33.6 Å². The van der Waals surface area contributed by atoms with Gasteiger partial charge in [0.2, 0.25) is 0 Å². The fourth-order valence-electron chi connectivity index (χ4n) is 17.0. The van der Waals surface area contributed by atoms with E-state index < -0.39 is 6.71 Å². The van der Waals surface area contributed by atoms with E-state index in [-0.39, 0.29) is 24.2 Å². The van der Waals surface area contributed by atoms with Crippen molar-refractivity contribution in [3.63, 3.8) is 0 Å². The van der Waals surface area contributed by atoms with Crippen LogP contribution in [0.25, 0.3) is 139 Å². The van der Waals surface area contributed by atoms with Crippen molar-refractivity contribution < 1.29 is 5.48 Å². The third-order valence-electron chi connectivity index (χ3n) is 21.5. The minimum Gasteiger partial charge on any atom is -0.310 e. The molecule has 0 N–H and O–H groups in total. The van der Waals surface area contributed by atoms with Crippen molar-refractivity contribution in [1.82, 2.24) is 4.57 Å². The summed E-state index contributed by atoms with van der Waals surface area (Å²) in [7, 11) is 0. The SMILES string of the molecule is [2H]c1c([2H])c([2H])c2c(c1[2H])c1ccccc1n2-c1cc2c3c(c1)N(c1c(-c4ccccc4)cccc1-c1ccccc1)c1cc(-c4c(-c5ccccc5)cccc4-c4ccccc4)ccc1B3c1ccc(-c3c(-c4ccccc4)cccc3-c3ccccc3)cc1N2c1c(-c2ccccc2)cccc1-c1ccccc1. The fraction of sp³-hybridized carbons (Fsp3) is 0. The lowest BCUT2D eigenvalue weighted by Crippen LogP contribution is -2.61. The summed E-state index contributed by atoms with van der Waals surface area (Å²) in [6.45, 7) is -0.436. The largest absolute Gasteiger partial charge is 0.310 e. The first-order valence-electron chi connectivity index (χ1n) is 38.3. The van der Waals surface area contributed by atoms with Crippen LogP contribution in [0.3, 0.4) is 0 Å². The van der Waals surface area contributed by atoms with E-state index in [0.717, 1.165) is 173 Å². The molecular weight excluding hydrogens is 1280 g/mol. The van der Waals surface area contributed by atoms with Crippen LogP contribution in [0.2, 0.25) is 0 Å². The van der Waals surface area contributed by atoms with Gasteiger partial charge in [-0.3, -0.25) is 0 Å². The van der Waals surface area contributed by atoms with Crippen LogP contribution in [0, 0.1) is 0 Å². The summed E-state index contributed by atoms with van der Waals surface area (Å²) < 4.78 is 41.1. The summed E-state index contributed by atoms with van der Waals surface area (Å²) in [5, 5.41) is 1.17. The Balaban J connectivity index is 1.00. The Labute approximate surface area is 624 Å². The fourth-order valence-corrected chi connectivity index (χ4v) is 17.0. The van der Waals surface area contributed by atoms with E-state index in [1.165, 1.54) is 0 Å². The normalized spacial score (nSPS) is 12.6. The molecule has 0 spiro atoms. The van der Waals surface area contributed by atoms with Crippen molar-refractivity contribution in [3.05, 3.63) is 412 Å². The number of anilines is 6. The maximum atomic E-state index is 10.2. The van der Waals surface area contributed by atoms with Gasteiger partial charge in [-0.25, -0.2) is 0 Å². The van der Waals surface area contributed by atoms with Gasteiger partial charge in [0, 0.05) is 55.8 Å². The molecule has 0 radical (unpaired) electrons. The van der Waals surface area contributed by atoms with E-state index >= 15 is 0 Å². The Kier molecular flexibility index (Phi) is 14.3. The third kappa shape index (κ3) is 10.4. The molecule has 0 unspecified atom stereocenters. The average Bonchev–Trinajstić information content (AvgIpc) is 0.877. The smallest absolute Gasteiger partial charge is 0.252 e. The van der Waals surface area contributed by atoms with Crippen molar-refractivity contribution in [1.29, 1.82) is 0 Å². The molecule has 0 saturated carbocycles. The van der Waals surface area contributed by atoms with Crippen molar-refractivity contribution in [2.24, 2.45) is 0 Å². The molecule has 4 heteroatoms. The van der Waals surface area contributed by atoms with Crippen LogP contribution in [0.5, 0.6) is 0 Å². The van der Waals surface area contributed by atoms with Gasteiger partial charge < -0.3 is 14.4 Å². The predicted octanol–water partition coefficient (Wildman–Crippen LogP) is 25.5. The number of benzene rings is 17. The lowest BCUT2D eigenvalue weighted by Gasteiger charge is -2.46. The maximum Gasteiger partial charge on any atom is 0.252 e. The van der Waals surface area contributed by atoms with Gasteiger partial charge in [-0.15, -0.1) is 0 Å². The van der Waals surface area contributed by atoms with E-state index in [2.05, 4.69) is 384 Å². The van der Waals surface area contributed by atoms with Crippen molar-refractivity contribution in [2.75, 3.05) is 9.80 Å². The summed E-state index contributed by atoms with van der Waals surface area (Å²) in [6.07, 6.45) is 0. The number of fused-ring (bicyclic) bond motifs is 7. The summed E-state index contributed by atoms with van der Waals surface area (Å²) >= 11 is 0. The minimum absolute atomic E-state index is 0.0913. The monoisotopic (exact) mass is 1350 g/mol. The van der Waals surface area contributed by atoms with Gasteiger partial charge in [-0.1, -0.05) is 376 Å². The first kappa shape index (κ1) is 57.8. The molecule has 0 saturated heterocycles. The molecule has 0 amide bonds. The van der Waals surface area contributed by atoms with E-state index in [1.807, 2.05) is 18.2 Å². The zero-order valence-electron chi connectivity index (χ0n) is 61.9. The molecule has 0 aliphatic carbocycles. The molecule has 3 heterocycles. The standard InChI is InChI=1S/C102H68BN3/c1-9-33-69(34-10-1)80-51-29-52-81(70-35-11-2-12-36-70)98(80)77-61-63-90-94(65-77)105(101-84(73-41-17-5-18-42-73)55-31-56-85(101)74-43-19-6-20-44-74)96-67-79(104-92-59-27-25-49-88(92)89-50-26-28-60-93(89)104)68-97-100(96)103(90)91-64-62-78(99-82(71-37-13-3-14-38-71)53-30-54-83(99)72-39-15-4-16-40-72)66-95(91)106(97)102-86(75-45-21-7-22-46-75)57-32-58-87(102)76-47-23-8-24-48-76/h1-68H/i25D,27D,49D,59D. The van der Waals surface area contributed by atoms with Crippen LogP contribution in [0.15, 0.2) is 412 Å². The molecule has 3 nitrogen and oxygen atoms in total. The molecule has 0 fully saturated rings. The van der Waals surface area contributed by atoms with Crippen molar-refractivity contribution in [3.8, 4) is 117 Å². The van der Waals surface area contributed by atoms with E-state index in [1.54, 1.807) is 0 Å². The lowest BCUT2D eigenvalue weighted by molar-refractivity contribution is 1.16. The van der Waals surface area contributed by atoms with Gasteiger partial charge in [0.1, 0.15) is 0 Å². The molecular formula is C102H68BN3. The van der Waals surface area contributed by atoms with E-state index in [9.17, 15) is 5.48 Å². The number of hydrogen-bond donors (Lipinski definition) is 0. The Morgan fingerprint density at radius 1 is 0.226 bits per heavy atom. The summed E-state index contributed by atoms with van der Waals surface area (Å²) in [6, 6.07) is 140. The van der Waals surface area contributed by atoms with Crippen LogP contribution in [-0.4, -0.2) is 11.3 Å². The topological polar surface area (TPSA) is 11.4 Å². The highest BCUT2D eigenvalue weighted by Gasteiger charge is 2.46. The zero-order chi connectivity index (χ0) is 73.5. The Hall–Kier alpha value is -13.8. The number of nitrogens with zero attached hydrogens (tertiary/aromatic N) is 3. The van der Waals surface area contributed by atoms with Crippen LogP contribution in [0.4, 0.5) is 34.1 Å². The number of hydrogen-bond acceptors (Lipinski definition) is 2. The molecule has 17 aromatic carbocycles. The van der Waals surface area contributed by atoms with Gasteiger partial charge in [-0.2, -0.15) is 0 Å². The Morgan fingerprint density at radius 2 is 0.528 bits per heavy atom. The molecule has 0 atom stereocenters. The van der Waals surface area contributed by atoms with Gasteiger partial charge in [0.15, 0.2) is 0 Å². The first-order valence-corrected chi connectivity index (χ1v) is 36.3. The lowest BCUT2D eigenvalue weighted by atomic mass is 9.33. The van der Waals surface area contributed by atoms with Crippen LogP contribution in [0.1, 0.15) is 5.48 Å². The predicted molar refractivity (Wildman–Crippen MR) is 449 cm³/mol. The average molecular weight is 1350 g/mol. The quantitative estimate of drug-likeness (QED) is 0.107. The van der Waals surface area contributed by atoms with Gasteiger partial charge >= 0.3 is 0 Å². The van der Waals surface area contributed by atoms with Gasteiger partial charge in [-0.05, 0) is 142 Å².